The molecule has 0 spiro atoms. The molecule has 2 aromatic rings. The van der Waals surface area contributed by atoms with Gasteiger partial charge in [-0.2, -0.15) is 0 Å². The third-order valence-electron chi connectivity index (χ3n) is 4.60. The van der Waals surface area contributed by atoms with Crippen LogP contribution in [0.5, 0.6) is 0 Å². The van der Waals surface area contributed by atoms with Gasteiger partial charge >= 0.3 is 5.97 Å². The van der Waals surface area contributed by atoms with E-state index in [0.717, 1.165) is 9.79 Å². The number of nitrogens with zero attached hydrogens (tertiary/aromatic N) is 1. The monoisotopic (exact) mass is 355 g/mol. The Kier molecular flexibility index (Phi) is 5.43. The van der Waals surface area contributed by atoms with Crippen molar-refractivity contribution in [2.75, 3.05) is 13.1 Å². The Balaban J connectivity index is 1.78. The van der Waals surface area contributed by atoms with E-state index < -0.39 is 5.97 Å². The lowest BCUT2D eigenvalue weighted by Crippen LogP contribution is -2.45. The molecule has 2 unspecified atom stereocenters. The Morgan fingerprint density at radius 3 is 2.44 bits per heavy atom. The fourth-order valence-corrected chi connectivity index (χ4v) is 4.17. The van der Waals surface area contributed by atoms with Crippen LogP contribution < -0.4 is 0 Å². The number of hydrogen-bond donors (Lipinski definition) is 1. The summed E-state index contributed by atoms with van der Waals surface area (Å²) in [7, 11) is 0. The van der Waals surface area contributed by atoms with E-state index in [1.807, 2.05) is 61.5 Å². The zero-order valence-electron chi connectivity index (χ0n) is 14.1. The molecular formula is C20H21NO3S. The van der Waals surface area contributed by atoms with Gasteiger partial charge in [-0.1, -0.05) is 49.0 Å². The van der Waals surface area contributed by atoms with Crippen molar-refractivity contribution in [3.8, 4) is 0 Å². The van der Waals surface area contributed by atoms with Gasteiger partial charge in [0.05, 0.1) is 11.5 Å². The lowest BCUT2D eigenvalue weighted by Gasteiger charge is -2.35. The van der Waals surface area contributed by atoms with Crippen molar-refractivity contribution in [1.29, 1.82) is 0 Å². The van der Waals surface area contributed by atoms with Gasteiger partial charge in [-0.25, -0.2) is 0 Å². The van der Waals surface area contributed by atoms with Crippen molar-refractivity contribution in [2.24, 2.45) is 11.8 Å². The first-order valence-corrected chi connectivity index (χ1v) is 9.22. The summed E-state index contributed by atoms with van der Waals surface area (Å²) in [6.07, 6.45) is 0.510. The van der Waals surface area contributed by atoms with Crippen LogP contribution in [0.3, 0.4) is 0 Å². The number of carbonyl (C=O) groups excluding carboxylic acids is 1. The lowest BCUT2D eigenvalue weighted by molar-refractivity contribution is -0.145. The highest BCUT2D eigenvalue weighted by Gasteiger charge is 2.33. The average Bonchev–Trinajstić information content (AvgIpc) is 2.62. The largest absolute Gasteiger partial charge is 0.481 e. The number of rotatable bonds is 4. The molecule has 3 rings (SSSR count). The SMILES string of the molecule is CC1CN(C(=O)c2ccccc2Sc2ccccc2)CCC1C(=O)O. The van der Waals surface area contributed by atoms with Crippen molar-refractivity contribution < 1.29 is 14.7 Å². The van der Waals surface area contributed by atoms with Crippen LogP contribution in [-0.4, -0.2) is 35.0 Å². The second-order valence-corrected chi connectivity index (χ2v) is 7.49. The molecule has 1 N–H and O–H groups in total. The molecule has 0 saturated carbocycles. The Morgan fingerprint density at radius 1 is 1.08 bits per heavy atom. The Morgan fingerprint density at radius 2 is 1.76 bits per heavy atom. The van der Waals surface area contributed by atoms with E-state index in [1.165, 1.54) is 0 Å². The number of carbonyl (C=O) groups is 2. The summed E-state index contributed by atoms with van der Waals surface area (Å²) in [5.74, 6) is -1.18. The van der Waals surface area contributed by atoms with Crippen LogP contribution in [0.2, 0.25) is 0 Å². The molecule has 1 heterocycles. The summed E-state index contributed by atoms with van der Waals surface area (Å²) in [5.41, 5.74) is 0.678. The second-order valence-electron chi connectivity index (χ2n) is 6.37. The molecule has 5 heteroatoms. The van der Waals surface area contributed by atoms with Gasteiger partial charge in [-0.15, -0.1) is 0 Å². The summed E-state index contributed by atoms with van der Waals surface area (Å²) < 4.78 is 0. The fourth-order valence-electron chi connectivity index (χ4n) is 3.22. The highest BCUT2D eigenvalue weighted by molar-refractivity contribution is 7.99. The first-order valence-electron chi connectivity index (χ1n) is 8.40. The molecule has 2 aromatic carbocycles. The first kappa shape index (κ1) is 17.5. The zero-order chi connectivity index (χ0) is 17.8. The number of aliphatic carboxylic acids is 1. The smallest absolute Gasteiger partial charge is 0.306 e. The minimum atomic E-state index is -0.764. The third-order valence-corrected chi connectivity index (χ3v) is 5.68. The summed E-state index contributed by atoms with van der Waals surface area (Å²) in [5, 5.41) is 9.25. The summed E-state index contributed by atoms with van der Waals surface area (Å²) in [6.45, 7) is 2.88. The van der Waals surface area contributed by atoms with E-state index in [0.29, 0.717) is 25.1 Å². The maximum absolute atomic E-state index is 13.0. The van der Waals surface area contributed by atoms with Crippen LogP contribution in [0.25, 0.3) is 0 Å². The molecular weight excluding hydrogens is 334 g/mol. The molecule has 1 aliphatic rings. The van der Waals surface area contributed by atoms with Gasteiger partial charge in [0, 0.05) is 22.9 Å². The van der Waals surface area contributed by atoms with E-state index in [4.69, 9.17) is 0 Å². The maximum Gasteiger partial charge on any atom is 0.306 e. The van der Waals surface area contributed by atoms with Gasteiger partial charge in [0.1, 0.15) is 0 Å². The topological polar surface area (TPSA) is 57.6 Å². The molecule has 1 fully saturated rings. The number of hydrogen-bond acceptors (Lipinski definition) is 3. The van der Waals surface area contributed by atoms with Crippen LogP contribution in [0.1, 0.15) is 23.7 Å². The third kappa shape index (κ3) is 4.04. The molecule has 0 aliphatic carbocycles. The maximum atomic E-state index is 13.0. The quantitative estimate of drug-likeness (QED) is 0.900. The fraction of sp³-hybridized carbons (Fsp3) is 0.300. The van der Waals surface area contributed by atoms with E-state index >= 15 is 0 Å². The molecule has 1 saturated heterocycles. The van der Waals surface area contributed by atoms with Crippen molar-refractivity contribution in [3.05, 3.63) is 60.2 Å². The van der Waals surface area contributed by atoms with Crippen molar-refractivity contribution >= 4 is 23.6 Å². The van der Waals surface area contributed by atoms with Crippen molar-refractivity contribution in [1.82, 2.24) is 4.90 Å². The lowest BCUT2D eigenvalue weighted by atomic mass is 9.87. The van der Waals surface area contributed by atoms with E-state index in [-0.39, 0.29) is 17.7 Å². The predicted octanol–water partition coefficient (Wildman–Crippen LogP) is 4.02. The normalized spacial score (nSPS) is 20.3. The van der Waals surface area contributed by atoms with Gasteiger partial charge in [-0.3, -0.25) is 9.59 Å². The number of amides is 1. The number of benzene rings is 2. The molecule has 0 bridgehead atoms. The highest BCUT2D eigenvalue weighted by Crippen LogP contribution is 2.32. The van der Waals surface area contributed by atoms with Gasteiger partial charge in [0.25, 0.3) is 5.91 Å². The Hall–Kier alpha value is -2.27. The van der Waals surface area contributed by atoms with Crippen LogP contribution >= 0.6 is 11.8 Å². The first-order chi connectivity index (χ1) is 12.1. The standard InChI is InChI=1S/C20H21NO3S/c1-14-13-21(12-11-16(14)20(23)24)19(22)17-9-5-6-10-18(17)25-15-7-3-2-4-8-15/h2-10,14,16H,11-13H2,1H3,(H,23,24). The summed E-state index contributed by atoms with van der Waals surface area (Å²) >= 11 is 1.57. The minimum absolute atomic E-state index is 0.0188. The molecule has 1 aliphatic heterocycles. The minimum Gasteiger partial charge on any atom is -0.481 e. The number of carboxylic acids is 1. The zero-order valence-corrected chi connectivity index (χ0v) is 14.9. The molecule has 25 heavy (non-hydrogen) atoms. The second kappa shape index (κ2) is 7.74. The number of piperidine rings is 1. The number of likely N-dealkylation sites (tertiary alicyclic amines) is 1. The Bertz CT molecular complexity index is 763. The van der Waals surface area contributed by atoms with Crippen LogP contribution in [0.4, 0.5) is 0 Å². The van der Waals surface area contributed by atoms with Crippen molar-refractivity contribution in [2.45, 2.75) is 23.1 Å². The van der Waals surface area contributed by atoms with Crippen LogP contribution in [0.15, 0.2) is 64.4 Å². The highest BCUT2D eigenvalue weighted by atomic mass is 32.2. The molecule has 0 aromatic heterocycles. The molecule has 130 valence electrons. The summed E-state index contributed by atoms with van der Waals surface area (Å²) in [4.78, 5) is 28.1. The van der Waals surface area contributed by atoms with Gasteiger partial charge in [-0.05, 0) is 36.6 Å². The van der Waals surface area contributed by atoms with E-state index in [9.17, 15) is 14.7 Å². The average molecular weight is 355 g/mol. The van der Waals surface area contributed by atoms with Crippen LogP contribution in [0, 0.1) is 11.8 Å². The van der Waals surface area contributed by atoms with Gasteiger partial charge in [0.15, 0.2) is 0 Å². The molecule has 0 radical (unpaired) electrons. The van der Waals surface area contributed by atoms with E-state index in [2.05, 4.69) is 0 Å². The molecule has 1 amide bonds. The van der Waals surface area contributed by atoms with Crippen LogP contribution in [-0.2, 0) is 4.79 Å². The molecule has 2 atom stereocenters. The van der Waals surface area contributed by atoms with Crippen molar-refractivity contribution in [3.63, 3.8) is 0 Å². The van der Waals surface area contributed by atoms with Gasteiger partial charge < -0.3 is 10.0 Å². The predicted molar refractivity (Wildman–Crippen MR) is 97.8 cm³/mol. The Labute approximate surface area is 151 Å². The van der Waals surface area contributed by atoms with E-state index in [1.54, 1.807) is 16.7 Å². The number of carboxylic acid groups (broad SMARTS) is 1. The summed E-state index contributed by atoms with van der Waals surface area (Å²) in [6, 6.07) is 17.6. The molecule has 4 nitrogen and oxygen atoms in total. The van der Waals surface area contributed by atoms with Gasteiger partial charge in [0.2, 0.25) is 0 Å².